The molecule has 4 rings (SSSR count). The normalized spacial score (nSPS) is 13.9. The number of hydrogen-bond acceptors (Lipinski definition) is 5. The number of ether oxygens (including phenoxy) is 1. The molecule has 2 aromatic carbocycles. The van der Waals surface area contributed by atoms with Crippen LogP contribution in [0, 0.1) is 5.82 Å². The number of furan rings is 1. The number of halogens is 2. The first-order chi connectivity index (χ1) is 12.0. The molecule has 0 spiro atoms. The minimum Gasteiger partial charge on any atom is -0.493 e. The number of benzene rings is 2. The van der Waals surface area contributed by atoms with E-state index in [0.29, 0.717) is 23.3 Å². The van der Waals surface area contributed by atoms with Crippen LogP contribution in [0.2, 0.25) is 0 Å². The zero-order chi connectivity index (χ0) is 17.6. The van der Waals surface area contributed by atoms with Gasteiger partial charge in [0.25, 0.3) is 0 Å². The van der Waals surface area contributed by atoms with Gasteiger partial charge in [-0.15, -0.1) is 12.4 Å². The number of nitrogens with one attached hydrogen (secondary N) is 1. The summed E-state index contributed by atoms with van der Waals surface area (Å²) >= 11 is 0. The molecule has 0 saturated heterocycles. The second-order valence-electron chi connectivity index (χ2n) is 5.87. The molecule has 0 atom stereocenters. The Morgan fingerprint density at radius 3 is 2.73 bits per heavy atom. The van der Waals surface area contributed by atoms with Crippen LogP contribution in [0.1, 0.15) is 11.3 Å². The molecule has 8 heteroatoms. The van der Waals surface area contributed by atoms with E-state index in [1.54, 1.807) is 0 Å². The average Bonchev–Trinajstić information content (AvgIpc) is 3.00. The molecule has 0 aliphatic carbocycles. The Kier molecular flexibility index (Phi) is 4.96. The van der Waals surface area contributed by atoms with Crippen LogP contribution in [0.15, 0.2) is 50.6 Å². The van der Waals surface area contributed by atoms with Gasteiger partial charge in [0.05, 0.1) is 12.0 Å². The van der Waals surface area contributed by atoms with Crippen LogP contribution < -0.4 is 10.1 Å². The van der Waals surface area contributed by atoms with E-state index in [0.717, 1.165) is 30.4 Å². The maximum atomic E-state index is 14.0. The second-order valence-corrected chi connectivity index (χ2v) is 7.78. The Morgan fingerprint density at radius 1 is 1.23 bits per heavy atom. The molecule has 1 N–H and O–H groups in total. The van der Waals surface area contributed by atoms with Gasteiger partial charge in [-0.3, -0.25) is 0 Å². The number of hydrogen-bond donors (Lipinski definition) is 1. The van der Waals surface area contributed by atoms with E-state index in [4.69, 9.17) is 9.15 Å². The SMILES string of the molecule is COc1cc(S(=O)(=O)c2ccccc2F)cc2c3c(oc12)CCNC3.Cl. The molecule has 0 amide bonds. The van der Waals surface area contributed by atoms with E-state index in [-0.39, 0.29) is 22.2 Å². The first-order valence-electron chi connectivity index (χ1n) is 7.85. The van der Waals surface area contributed by atoms with E-state index >= 15 is 0 Å². The fourth-order valence-electron chi connectivity index (χ4n) is 3.15. The third-order valence-electron chi connectivity index (χ3n) is 4.40. The molecule has 138 valence electrons. The molecule has 2 heterocycles. The van der Waals surface area contributed by atoms with Gasteiger partial charge in [0.15, 0.2) is 11.3 Å². The highest BCUT2D eigenvalue weighted by atomic mass is 35.5. The lowest BCUT2D eigenvalue weighted by Gasteiger charge is -2.11. The summed E-state index contributed by atoms with van der Waals surface area (Å²) in [5, 5.41) is 3.92. The highest BCUT2D eigenvalue weighted by molar-refractivity contribution is 7.91. The number of methoxy groups -OCH3 is 1. The Labute approximate surface area is 156 Å². The van der Waals surface area contributed by atoms with Crippen molar-refractivity contribution in [3.63, 3.8) is 0 Å². The molecule has 0 fully saturated rings. The molecule has 0 saturated carbocycles. The van der Waals surface area contributed by atoms with E-state index < -0.39 is 15.7 Å². The lowest BCUT2D eigenvalue weighted by atomic mass is 10.1. The van der Waals surface area contributed by atoms with Crippen molar-refractivity contribution in [2.45, 2.75) is 22.8 Å². The van der Waals surface area contributed by atoms with Crippen molar-refractivity contribution in [3.8, 4) is 5.75 Å². The topological polar surface area (TPSA) is 68.5 Å². The van der Waals surface area contributed by atoms with Crippen LogP contribution in [0.25, 0.3) is 11.0 Å². The fourth-order valence-corrected chi connectivity index (χ4v) is 4.52. The summed E-state index contributed by atoms with van der Waals surface area (Å²) < 4.78 is 51.1. The molecule has 0 radical (unpaired) electrons. The van der Waals surface area contributed by atoms with Gasteiger partial charge in [-0.25, -0.2) is 12.8 Å². The Morgan fingerprint density at radius 2 is 2.00 bits per heavy atom. The zero-order valence-electron chi connectivity index (χ0n) is 13.9. The molecule has 5 nitrogen and oxygen atoms in total. The summed E-state index contributed by atoms with van der Waals surface area (Å²) in [7, 11) is -2.56. The molecule has 1 aliphatic heterocycles. The first kappa shape index (κ1) is 18.7. The van der Waals surface area contributed by atoms with Crippen molar-refractivity contribution >= 4 is 33.2 Å². The van der Waals surface area contributed by atoms with Gasteiger partial charge < -0.3 is 14.5 Å². The van der Waals surface area contributed by atoms with E-state index in [1.165, 1.54) is 37.4 Å². The van der Waals surface area contributed by atoms with Gasteiger partial charge in [-0.2, -0.15) is 0 Å². The van der Waals surface area contributed by atoms with E-state index in [9.17, 15) is 12.8 Å². The fraction of sp³-hybridized carbons (Fsp3) is 0.222. The molecule has 1 aliphatic rings. The van der Waals surface area contributed by atoms with Crippen molar-refractivity contribution in [1.29, 1.82) is 0 Å². The third kappa shape index (κ3) is 2.86. The van der Waals surface area contributed by atoms with Crippen LogP contribution in [-0.4, -0.2) is 22.1 Å². The van der Waals surface area contributed by atoms with Gasteiger partial charge in [-0.1, -0.05) is 12.1 Å². The zero-order valence-corrected chi connectivity index (χ0v) is 15.5. The minimum atomic E-state index is -4.02. The summed E-state index contributed by atoms with van der Waals surface area (Å²) in [5.41, 5.74) is 1.44. The molecule has 1 aromatic heterocycles. The van der Waals surface area contributed by atoms with Gasteiger partial charge in [-0.05, 0) is 18.2 Å². The highest BCUT2D eigenvalue weighted by Gasteiger charge is 2.26. The quantitative estimate of drug-likeness (QED) is 0.732. The summed E-state index contributed by atoms with van der Waals surface area (Å²) in [5.74, 6) is 0.367. The van der Waals surface area contributed by atoms with Gasteiger partial charge >= 0.3 is 0 Å². The van der Waals surface area contributed by atoms with Crippen molar-refractivity contribution in [2.75, 3.05) is 13.7 Å². The maximum absolute atomic E-state index is 14.0. The molecular formula is C18H17ClFNO4S. The second kappa shape index (κ2) is 6.90. The van der Waals surface area contributed by atoms with Crippen LogP contribution in [-0.2, 0) is 22.8 Å². The number of rotatable bonds is 3. The average molecular weight is 398 g/mol. The van der Waals surface area contributed by atoms with Gasteiger partial charge in [0.1, 0.15) is 16.5 Å². The Bertz CT molecular complexity index is 1080. The molecule has 0 unspecified atom stereocenters. The first-order valence-corrected chi connectivity index (χ1v) is 9.33. The molecule has 26 heavy (non-hydrogen) atoms. The third-order valence-corrected chi connectivity index (χ3v) is 6.17. The summed E-state index contributed by atoms with van der Waals surface area (Å²) in [6.45, 7) is 1.39. The summed E-state index contributed by atoms with van der Waals surface area (Å²) in [4.78, 5) is -0.372. The largest absolute Gasteiger partial charge is 0.493 e. The van der Waals surface area contributed by atoms with Gasteiger partial charge in [0, 0.05) is 36.5 Å². The van der Waals surface area contributed by atoms with Crippen LogP contribution in [0.4, 0.5) is 4.39 Å². The number of sulfone groups is 1. The molecular weight excluding hydrogens is 381 g/mol. The van der Waals surface area contributed by atoms with E-state index in [1.807, 2.05) is 0 Å². The smallest absolute Gasteiger partial charge is 0.209 e. The van der Waals surface area contributed by atoms with Crippen molar-refractivity contribution in [2.24, 2.45) is 0 Å². The van der Waals surface area contributed by atoms with Crippen molar-refractivity contribution in [3.05, 3.63) is 53.5 Å². The minimum absolute atomic E-state index is 0. The lowest BCUT2D eigenvalue weighted by molar-refractivity contribution is 0.404. The van der Waals surface area contributed by atoms with Crippen LogP contribution in [0.3, 0.4) is 0 Å². The predicted octanol–water partition coefficient (Wildman–Crippen LogP) is 3.48. The molecule has 0 bridgehead atoms. The number of fused-ring (bicyclic) bond motifs is 3. The van der Waals surface area contributed by atoms with Crippen molar-refractivity contribution in [1.82, 2.24) is 5.32 Å². The van der Waals surface area contributed by atoms with Crippen LogP contribution in [0.5, 0.6) is 5.75 Å². The highest BCUT2D eigenvalue weighted by Crippen LogP contribution is 2.38. The summed E-state index contributed by atoms with van der Waals surface area (Å²) in [6.07, 6.45) is 0.725. The Hall–Kier alpha value is -2.09. The lowest BCUT2D eigenvalue weighted by Crippen LogP contribution is -2.22. The standard InChI is InChI=1S/C18H16FNO4S.ClH/c1-23-16-9-11(25(21,22)17-5-3-2-4-14(17)19)8-12-13-10-20-7-6-15(13)24-18(12)16;/h2-5,8-9,20H,6-7,10H2,1H3;1H. The van der Waals surface area contributed by atoms with Crippen LogP contribution >= 0.6 is 12.4 Å². The monoisotopic (exact) mass is 397 g/mol. The summed E-state index contributed by atoms with van der Waals surface area (Å²) in [6, 6.07) is 8.26. The van der Waals surface area contributed by atoms with E-state index in [2.05, 4.69) is 5.32 Å². The maximum Gasteiger partial charge on any atom is 0.209 e. The molecule has 3 aromatic rings. The van der Waals surface area contributed by atoms with Crippen molar-refractivity contribution < 1.29 is 22.0 Å². The Balaban J connectivity index is 0.00000196. The van der Waals surface area contributed by atoms with Gasteiger partial charge in [0.2, 0.25) is 9.84 Å². The predicted molar refractivity (Wildman–Crippen MR) is 97.3 cm³/mol.